The Morgan fingerprint density at radius 2 is 0.623 bits per heavy atom. The Balaban J connectivity index is 4.02. The minimum Gasteiger partial charge on any atom is -0.462 e. The van der Waals surface area contributed by atoms with Crippen LogP contribution in [-0.4, -0.2) is 65.7 Å². The number of phosphoric ester groups is 1. The van der Waals surface area contributed by atoms with Gasteiger partial charge in [0.15, 0.2) is 6.10 Å². The van der Waals surface area contributed by atoms with E-state index in [2.05, 4.69) is 13.8 Å². The van der Waals surface area contributed by atoms with Crippen LogP contribution >= 0.6 is 7.82 Å². The van der Waals surface area contributed by atoms with Gasteiger partial charge in [-0.1, -0.05) is 296 Å². The van der Waals surface area contributed by atoms with Crippen LogP contribution in [0.2, 0.25) is 0 Å². The Morgan fingerprint density at radius 3 is 0.899 bits per heavy atom. The summed E-state index contributed by atoms with van der Waals surface area (Å²) in [4.78, 5) is 35.3. The number of rotatable bonds is 58. The lowest BCUT2D eigenvalue weighted by atomic mass is 10.0. The number of carbonyl (C=O) groups is 2. The van der Waals surface area contributed by atoms with Crippen molar-refractivity contribution in [2.24, 2.45) is 0 Å². The molecule has 0 spiro atoms. The van der Waals surface area contributed by atoms with E-state index in [1.165, 1.54) is 250 Å². The average molecular weight is 1000 g/mol. The highest BCUT2D eigenvalue weighted by Crippen LogP contribution is 2.43. The molecular weight excluding hydrogens is 888 g/mol. The van der Waals surface area contributed by atoms with E-state index in [9.17, 15) is 24.2 Å². The van der Waals surface area contributed by atoms with Crippen LogP contribution < -0.4 is 0 Å². The molecule has 11 heteroatoms. The highest BCUT2D eigenvalue weighted by atomic mass is 31.2. The number of aliphatic hydroxyl groups is 2. The first kappa shape index (κ1) is 68.0. The summed E-state index contributed by atoms with van der Waals surface area (Å²) in [5.74, 6) is -0.897. The maximum Gasteiger partial charge on any atom is 0.472 e. The quantitative estimate of drug-likeness (QED) is 0.0305. The molecule has 0 amide bonds. The largest absolute Gasteiger partial charge is 0.472 e. The lowest BCUT2D eigenvalue weighted by Gasteiger charge is -2.20. The van der Waals surface area contributed by atoms with Gasteiger partial charge in [0.05, 0.1) is 19.8 Å². The van der Waals surface area contributed by atoms with Gasteiger partial charge in [-0.2, -0.15) is 0 Å². The van der Waals surface area contributed by atoms with E-state index < -0.39 is 51.8 Å². The minimum atomic E-state index is -4.62. The minimum absolute atomic E-state index is 0.194. The van der Waals surface area contributed by atoms with Crippen molar-refractivity contribution < 1.29 is 47.8 Å². The molecule has 0 aromatic rings. The third-order valence-corrected chi connectivity index (χ3v) is 14.7. The Labute approximate surface area is 426 Å². The maximum atomic E-state index is 12.7. The molecule has 412 valence electrons. The molecule has 0 aromatic heterocycles. The fourth-order valence-electron chi connectivity index (χ4n) is 9.18. The Morgan fingerprint density at radius 1 is 0.377 bits per heavy atom. The van der Waals surface area contributed by atoms with Crippen LogP contribution in [0.15, 0.2) is 0 Å². The molecule has 0 radical (unpaired) electrons. The molecule has 0 heterocycles. The van der Waals surface area contributed by atoms with Gasteiger partial charge in [0.1, 0.15) is 12.7 Å². The number of hydrogen-bond acceptors (Lipinski definition) is 9. The predicted molar refractivity (Wildman–Crippen MR) is 289 cm³/mol. The normalized spacial score (nSPS) is 13.4. The SMILES string of the molecule is CCCCCCCCCCCCCCCCCCCCCCCCCC(=O)OCC(COP(=O)(O)OCC(O)CO)OC(=O)CCCCCCCCCCCCCCCCCCCCCCCCC. The van der Waals surface area contributed by atoms with Crippen LogP contribution in [0.3, 0.4) is 0 Å². The zero-order chi connectivity index (χ0) is 50.4. The zero-order valence-corrected chi connectivity index (χ0v) is 46.5. The Bertz CT molecular complexity index is 1110. The molecule has 3 atom stereocenters. The summed E-state index contributed by atoms with van der Waals surface area (Å²) in [6.45, 7) is 2.48. The second-order valence-corrected chi connectivity index (χ2v) is 22.2. The van der Waals surface area contributed by atoms with Crippen LogP contribution in [0.1, 0.15) is 322 Å². The summed E-state index contributed by atoms with van der Waals surface area (Å²) in [5, 5.41) is 18.5. The number of carbonyl (C=O) groups excluding carboxylic acids is 2. The lowest BCUT2D eigenvalue weighted by Crippen LogP contribution is -2.29. The molecule has 0 aliphatic heterocycles. The van der Waals surface area contributed by atoms with Crippen molar-refractivity contribution in [1.82, 2.24) is 0 Å². The van der Waals surface area contributed by atoms with Crippen molar-refractivity contribution in [1.29, 1.82) is 0 Å². The van der Waals surface area contributed by atoms with Crippen molar-refractivity contribution in [3.05, 3.63) is 0 Å². The molecule has 0 saturated carbocycles. The van der Waals surface area contributed by atoms with Crippen LogP contribution in [0.25, 0.3) is 0 Å². The number of aliphatic hydroxyl groups excluding tert-OH is 2. The van der Waals surface area contributed by atoms with Crippen LogP contribution in [0, 0.1) is 0 Å². The van der Waals surface area contributed by atoms with E-state index in [1.54, 1.807) is 0 Å². The molecule has 69 heavy (non-hydrogen) atoms. The molecule has 0 aromatic carbocycles. The summed E-state index contributed by atoms with van der Waals surface area (Å²) in [5.41, 5.74) is 0. The van der Waals surface area contributed by atoms with Gasteiger partial charge in [-0.3, -0.25) is 18.6 Å². The first-order valence-electron chi connectivity index (χ1n) is 30.0. The first-order chi connectivity index (χ1) is 33.7. The maximum absolute atomic E-state index is 12.7. The van der Waals surface area contributed by atoms with Gasteiger partial charge >= 0.3 is 19.8 Å². The van der Waals surface area contributed by atoms with E-state index in [0.717, 1.165) is 32.1 Å². The molecule has 0 rings (SSSR count). The third-order valence-electron chi connectivity index (χ3n) is 13.8. The number of hydrogen-bond donors (Lipinski definition) is 3. The summed E-state index contributed by atoms with van der Waals surface area (Å²) in [6, 6.07) is 0. The highest BCUT2D eigenvalue weighted by molar-refractivity contribution is 7.47. The topological polar surface area (TPSA) is 149 Å². The Kier molecular flexibility index (Phi) is 53.9. The van der Waals surface area contributed by atoms with Gasteiger partial charge in [0.2, 0.25) is 0 Å². The number of esters is 2. The molecule has 0 aliphatic carbocycles. The molecule has 0 aliphatic rings. The van der Waals surface area contributed by atoms with Crippen molar-refractivity contribution >= 4 is 19.8 Å². The standard InChI is InChI=1S/C58H115O10P/c1-3-5-7-9-11-13-15-17-19-21-23-25-27-29-31-33-35-37-39-41-43-45-47-49-57(61)65-53-56(54-67-69(63,64)66-52-55(60)51-59)68-58(62)50-48-46-44-42-40-38-36-34-32-30-28-26-24-22-20-18-16-14-12-10-8-6-4-2/h55-56,59-60H,3-54H2,1-2H3,(H,63,64). The number of phosphoric acid groups is 1. The van der Waals surface area contributed by atoms with E-state index >= 15 is 0 Å². The van der Waals surface area contributed by atoms with Gasteiger partial charge in [-0.25, -0.2) is 4.57 Å². The van der Waals surface area contributed by atoms with Gasteiger partial charge < -0.3 is 24.6 Å². The second-order valence-electron chi connectivity index (χ2n) is 20.7. The van der Waals surface area contributed by atoms with Gasteiger partial charge in [0.25, 0.3) is 0 Å². The first-order valence-corrected chi connectivity index (χ1v) is 31.5. The van der Waals surface area contributed by atoms with Crippen molar-refractivity contribution in [3.63, 3.8) is 0 Å². The summed E-state index contributed by atoms with van der Waals surface area (Å²) in [6.07, 6.45) is 58.0. The monoisotopic (exact) mass is 1000 g/mol. The van der Waals surface area contributed by atoms with Gasteiger partial charge in [0, 0.05) is 12.8 Å². The lowest BCUT2D eigenvalue weighted by molar-refractivity contribution is -0.161. The third kappa shape index (κ3) is 54.6. The second kappa shape index (κ2) is 54.7. The van der Waals surface area contributed by atoms with Crippen LogP contribution in [0.5, 0.6) is 0 Å². The summed E-state index contributed by atoms with van der Waals surface area (Å²) < 4.78 is 33.0. The molecule has 0 fully saturated rings. The summed E-state index contributed by atoms with van der Waals surface area (Å²) in [7, 11) is -4.62. The average Bonchev–Trinajstić information content (AvgIpc) is 3.34. The van der Waals surface area contributed by atoms with Crippen LogP contribution in [-0.2, 0) is 32.7 Å². The predicted octanol–water partition coefficient (Wildman–Crippen LogP) is 17.7. The number of unbranched alkanes of at least 4 members (excludes halogenated alkanes) is 44. The molecular formula is C58H115O10P. The molecule has 3 unspecified atom stereocenters. The van der Waals surface area contributed by atoms with Crippen molar-refractivity contribution in [2.75, 3.05) is 26.4 Å². The summed E-state index contributed by atoms with van der Waals surface area (Å²) >= 11 is 0. The van der Waals surface area contributed by atoms with E-state index in [0.29, 0.717) is 12.8 Å². The van der Waals surface area contributed by atoms with E-state index in [-0.39, 0.29) is 19.4 Å². The number of ether oxygens (including phenoxy) is 2. The fourth-order valence-corrected chi connectivity index (χ4v) is 9.97. The molecule has 0 bridgehead atoms. The smallest absolute Gasteiger partial charge is 0.462 e. The zero-order valence-electron chi connectivity index (χ0n) is 45.6. The highest BCUT2D eigenvalue weighted by Gasteiger charge is 2.27. The van der Waals surface area contributed by atoms with E-state index in [4.69, 9.17) is 23.6 Å². The Hall–Kier alpha value is -1.03. The van der Waals surface area contributed by atoms with Gasteiger partial charge in [-0.05, 0) is 12.8 Å². The van der Waals surface area contributed by atoms with Crippen molar-refractivity contribution in [3.8, 4) is 0 Å². The van der Waals surface area contributed by atoms with Gasteiger partial charge in [-0.15, -0.1) is 0 Å². The molecule has 0 saturated heterocycles. The van der Waals surface area contributed by atoms with Crippen molar-refractivity contribution in [2.45, 2.75) is 334 Å². The molecule has 3 N–H and O–H groups in total. The van der Waals surface area contributed by atoms with E-state index in [1.807, 2.05) is 0 Å². The fraction of sp³-hybridized carbons (Fsp3) is 0.966. The van der Waals surface area contributed by atoms with Crippen LogP contribution in [0.4, 0.5) is 0 Å². The molecule has 10 nitrogen and oxygen atoms in total.